The first kappa shape index (κ1) is 21.4. The van der Waals surface area contributed by atoms with Crippen molar-refractivity contribution in [3.63, 3.8) is 0 Å². The van der Waals surface area contributed by atoms with Crippen LogP contribution in [0.4, 0.5) is 4.39 Å². The number of amides is 1. The lowest BCUT2D eigenvalue weighted by Gasteiger charge is -2.20. The summed E-state index contributed by atoms with van der Waals surface area (Å²) < 4.78 is 41.6. The molecule has 2 aromatic carbocycles. The van der Waals surface area contributed by atoms with E-state index in [-0.39, 0.29) is 32.1 Å². The van der Waals surface area contributed by atoms with Gasteiger partial charge >= 0.3 is 0 Å². The van der Waals surface area contributed by atoms with E-state index in [9.17, 15) is 17.6 Å². The highest BCUT2D eigenvalue weighted by molar-refractivity contribution is 7.91. The topological polar surface area (TPSA) is 67.3 Å². The summed E-state index contributed by atoms with van der Waals surface area (Å²) in [5, 5.41) is 0.116. The van der Waals surface area contributed by atoms with Gasteiger partial charge in [-0.3, -0.25) is 9.78 Å². The molecule has 0 radical (unpaired) electrons. The lowest BCUT2D eigenvalue weighted by Crippen LogP contribution is -2.29. The number of aromatic nitrogens is 1. The molecule has 1 fully saturated rings. The van der Waals surface area contributed by atoms with E-state index < -0.39 is 15.7 Å². The van der Waals surface area contributed by atoms with E-state index in [1.165, 1.54) is 18.3 Å². The second-order valence-electron chi connectivity index (χ2n) is 8.94. The van der Waals surface area contributed by atoms with Crippen LogP contribution in [0.1, 0.15) is 49.5 Å². The minimum atomic E-state index is -4.10. The number of rotatable bonds is 3. The molecule has 1 saturated heterocycles. The number of benzene rings is 2. The molecule has 4 rings (SSSR count). The molecule has 0 bridgehead atoms. The molecule has 5 nitrogen and oxygen atoms in total. The zero-order valence-electron chi connectivity index (χ0n) is 17.9. The molecule has 162 valence electrons. The van der Waals surface area contributed by atoms with Gasteiger partial charge in [-0.1, -0.05) is 32.9 Å². The number of nitrogens with zero attached hydrogens (tertiary/aromatic N) is 2. The summed E-state index contributed by atoms with van der Waals surface area (Å²) in [6.45, 7) is 7.27. The van der Waals surface area contributed by atoms with Crippen LogP contribution in [-0.4, -0.2) is 37.3 Å². The summed E-state index contributed by atoms with van der Waals surface area (Å²) in [5.41, 5.74) is 1.17. The Morgan fingerprint density at radius 2 is 1.68 bits per heavy atom. The fraction of sp³-hybridized carbons (Fsp3) is 0.333. The third-order valence-corrected chi connectivity index (χ3v) is 7.57. The van der Waals surface area contributed by atoms with E-state index in [4.69, 9.17) is 0 Å². The zero-order chi connectivity index (χ0) is 22.4. The molecule has 3 aromatic rings. The number of hydrogen-bond acceptors (Lipinski definition) is 4. The molecule has 0 N–H and O–H groups in total. The van der Waals surface area contributed by atoms with Gasteiger partial charge in [0.05, 0.1) is 20.9 Å². The Bertz CT molecular complexity index is 1260. The molecule has 1 amide bonds. The molecular formula is C24H25FN2O3S. The summed E-state index contributed by atoms with van der Waals surface area (Å²) in [5.74, 6) is -0.972. The van der Waals surface area contributed by atoms with E-state index in [2.05, 4.69) is 4.98 Å². The molecule has 7 heteroatoms. The number of sulfone groups is 1. The van der Waals surface area contributed by atoms with E-state index in [1.54, 1.807) is 29.2 Å². The van der Waals surface area contributed by atoms with E-state index >= 15 is 0 Å². The van der Waals surface area contributed by atoms with Crippen molar-refractivity contribution in [3.8, 4) is 0 Å². The molecular weight excluding hydrogens is 415 g/mol. The van der Waals surface area contributed by atoms with Gasteiger partial charge in [-0.2, -0.15) is 0 Å². The molecule has 31 heavy (non-hydrogen) atoms. The van der Waals surface area contributed by atoms with Crippen LogP contribution in [0.2, 0.25) is 0 Å². The van der Waals surface area contributed by atoms with Crippen molar-refractivity contribution in [1.82, 2.24) is 9.88 Å². The predicted molar refractivity (Wildman–Crippen MR) is 117 cm³/mol. The standard InChI is InChI=1S/C24H25FN2O3S/c1-24(2,3)16-6-9-18(10-7-16)31(29,30)22-19-14-17(25)8-11-21(19)26-15-20(22)23(28)27-12-4-5-13-27/h6-11,14-15H,4-5,12-13H2,1-3H3. The zero-order valence-corrected chi connectivity index (χ0v) is 18.7. The SMILES string of the molecule is CC(C)(C)c1ccc(S(=O)(=O)c2c(C(=O)N3CCCC3)cnc3ccc(F)cc23)cc1. The number of carbonyl (C=O) groups is 1. The van der Waals surface area contributed by atoms with Gasteiger partial charge in [0.25, 0.3) is 5.91 Å². The number of carbonyl (C=O) groups excluding carboxylic acids is 1. The number of likely N-dealkylation sites (tertiary alicyclic amines) is 1. The highest BCUT2D eigenvalue weighted by Crippen LogP contribution is 2.33. The summed E-state index contributed by atoms with van der Waals surface area (Å²) in [6.07, 6.45) is 3.05. The number of hydrogen-bond donors (Lipinski definition) is 0. The third-order valence-electron chi connectivity index (χ3n) is 5.70. The van der Waals surface area contributed by atoms with Gasteiger partial charge in [0.15, 0.2) is 0 Å². The molecule has 0 saturated carbocycles. The van der Waals surface area contributed by atoms with Crippen LogP contribution in [0.25, 0.3) is 10.9 Å². The van der Waals surface area contributed by atoms with Gasteiger partial charge in [-0.15, -0.1) is 0 Å². The molecule has 0 unspecified atom stereocenters. The third kappa shape index (κ3) is 3.94. The lowest BCUT2D eigenvalue weighted by molar-refractivity contribution is 0.0789. The van der Waals surface area contributed by atoms with E-state index in [1.807, 2.05) is 20.8 Å². The molecule has 0 aliphatic carbocycles. The van der Waals surface area contributed by atoms with Gasteiger partial charge in [0.1, 0.15) is 5.82 Å². The van der Waals surface area contributed by atoms with Crippen molar-refractivity contribution >= 4 is 26.6 Å². The Hall–Kier alpha value is -2.80. The van der Waals surface area contributed by atoms with Crippen LogP contribution < -0.4 is 0 Å². The van der Waals surface area contributed by atoms with Crippen molar-refractivity contribution in [3.05, 3.63) is 65.6 Å². The van der Waals surface area contributed by atoms with Crippen LogP contribution in [0.15, 0.2) is 58.5 Å². The Balaban J connectivity index is 1.94. The van der Waals surface area contributed by atoms with Crippen LogP contribution >= 0.6 is 0 Å². The largest absolute Gasteiger partial charge is 0.339 e. The van der Waals surface area contributed by atoms with Crippen molar-refractivity contribution in [2.24, 2.45) is 0 Å². The monoisotopic (exact) mass is 440 g/mol. The normalized spacial score (nSPS) is 14.9. The molecule has 2 heterocycles. The lowest BCUT2D eigenvalue weighted by atomic mass is 9.87. The second-order valence-corrected chi connectivity index (χ2v) is 10.8. The first-order valence-electron chi connectivity index (χ1n) is 10.3. The molecule has 0 spiro atoms. The Morgan fingerprint density at radius 3 is 2.29 bits per heavy atom. The maximum absolute atomic E-state index is 14.1. The van der Waals surface area contributed by atoms with Crippen molar-refractivity contribution in [2.75, 3.05) is 13.1 Å². The Kier molecular flexibility index (Phi) is 5.33. The average Bonchev–Trinajstić information content (AvgIpc) is 3.26. The van der Waals surface area contributed by atoms with E-state index in [0.717, 1.165) is 24.5 Å². The molecule has 1 aliphatic heterocycles. The van der Waals surface area contributed by atoms with Gasteiger partial charge in [-0.05, 0) is 54.2 Å². The molecule has 1 aliphatic rings. The van der Waals surface area contributed by atoms with Gasteiger partial charge in [-0.25, -0.2) is 12.8 Å². The van der Waals surface area contributed by atoms with Gasteiger partial charge < -0.3 is 4.90 Å². The number of pyridine rings is 1. The minimum absolute atomic E-state index is 0.0140. The molecule has 1 aromatic heterocycles. The predicted octanol–water partition coefficient (Wildman–Crippen LogP) is 4.74. The number of fused-ring (bicyclic) bond motifs is 1. The van der Waals surface area contributed by atoms with Gasteiger partial charge in [0, 0.05) is 24.7 Å². The van der Waals surface area contributed by atoms with Gasteiger partial charge in [0.2, 0.25) is 9.84 Å². The molecule has 0 atom stereocenters. The maximum atomic E-state index is 14.1. The number of halogens is 1. The van der Waals surface area contributed by atoms with Crippen molar-refractivity contribution in [1.29, 1.82) is 0 Å². The highest BCUT2D eigenvalue weighted by atomic mass is 32.2. The van der Waals surface area contributed by atoms with Crippen LogP contribution in [0, 0.1) is 5.82 Å². The maximum Gasteiger partial charge on any atom is 0.256 e. The summed E-state index contributed by atoms with van der Waals surface area (Å²) in [6, 6.07) is 10.4. The Morgan fingerprint density at radius 1 is 1.03 bits per heavy atom. The highest BCUT2D eigenvalue weighted by Gasteiger charge is 2.31. The smallest absolute Gasteiger partial charge is 0.256 e. The van der Waals surface area contributed by atoms with Crippen LogP contribution in [0.3, 0.4) is 0 Å². The Labute approximate surface area is 181 Å². The summed E-state index contributed by atoms with van der Waals surface area (Å²) in [4.78, 5) is 18.9. The van der Waals surface area contributed by atoms with Crippen LogP contribution in [-0.2, 0) is 15.3 Å². The van der Waals surface area contributed by atoms with Crippen molar-refractivity contribution in [2.45, 2.75) is 48.8 Å². The minimum Gasteiger partial charge on any atom is -0.339 e. The van der Waals surface area contributed by atoms with Crippen molar-refractivity contribution < 1.29 is 17.6 Å². The average molecular weight is 441 g/mol. The van der Waals surface area contributed by atoms with Crippen LogP contribution in [0.5, 0.6) is 0 Å². The first-order valence-corrected chi connectivity index (χ1v) is 11.8. The fourth-order valence-electron chi connectivity index (χ4n) is 3.92. The summed E-state index contributed by atoms with van der Waals surface area (Å²) >= 11 is 0. The second kappa shape index (κ2) is 7.71. The van der Waals surface area contributed by atoms with E-state index in [0.29, 0.717) is 18.6 Å². The first-order chi connectivity index (χ1) is 14.6. The fourth-order valence-corrected chi connectivity index (χ4v) is 5.54. The summed E-state index contributed by atoms with van der Waals surface area (Å²) in [7, 11) is -4.10. The quantitative estimate of drug-likeness (QED) is 0.590.